The van der Waals surface area contributed by atoms with Crippen LogP contribution in [0.5, 0.6) is 0 Å². The number of rotatable bonds is 5. The first-order valence-electron chi connectivity index (χ1n) is 9.69. The summed E-state index contributed by atoms with van der Waals surface area (Å²) in [6.45, 7) is 1.53. The fourth-order valence-corrected chi connectivity index (χ4v) is 3.83. The molecule has 28 heavy (non-hydrogen) atoms. The number of pyridine rings is 1. The molecule has 5 rings (SSSR count). The average molecular weight is 380 g/mol. The number of carbonyl (C=O) groups excluding carboxylic acids is 1. The van der Waals surface area contributed by atoms with Gasteiger partial charge in [0.25, 0.3) is 5.91 Å². The molecule has 0 radical (unpaired) electrons. The Bertz CT molecular complexity index is 1030. The molecule has 2 fully saturated rings. The summed E-state index contributed by atoms with van der Waals surface area (Å²) in [6, 6.07) is 3.44. The number of hydrogen-bond donors (Lipinski definition) is 1. The van der Waals surface area contributed by atoms with Gasteiger partial charge in [-0.2, -0.15) is 5.10 Å². The van der Waals surface area contributed by atoms with Gasteiger partial charge in [-0.1, -0.05) is 0 Å². The van der Waals surface area contributed by atoms with E-state index in [1.807, 2.05) is 12.3 Å². The van der Waals surface area contributed by atoms with Gasteiger partial charge in [0.15, 0.2) is 5.65 Å². The van der Waals surface area contributed by atoms with Crippen LogP contribution in [0.2, 0.25) is 0 Å². The molecule has 1 atom stereocenters. The highest BCUT2D eigenvalue weighted by molar-refractivity contribution is 5.99. The molecule has 3 aromatic heterocycles. The van der Waals surface area contributed by atoms with Crippen molar-refractivity contribution in [3.05, 3.63) is 53.9 Å². The summed E-state index contributed by atoms with van der Waals surface area (Å²) in [6.07, 6.45) is 10.6. The van der Waals surface area contributed by atoms with Crippen LogP contribution in [0, 0.1) is 11.7 Å². The molecule has 7 nitrogen and oxygen atoms in total. The lowest BCUT2D eigenvalue weighted by atomic mass is 10.1. The van der Waals surface area contributed by atoms with E-state index < -0.39 is 0 Å². The molecular formula is C20H21FN6O. The zero-order valence-electron chi connectivity index (χ0n) is 15.4. The molecule has 8 heteroatoms. The third-order valence-electron chi connectivity index (χ3n) is 5.51. The first-order valence-corrected chi connectivity index (χ1v) is 9.69. The van der Waals surface area contributed by atoms with Crippen LogP contribution in [-0.4, -0.2) is 38.6 Å². The zero-order valence-corrected chi connectivity index (χ0v) is 15.4. The van der Waals surface area contributed by atoms with Crippen LogP contribution in [0.15, 0.2) is 36.9 Å². The van der Waals surface area contributed by atoms with Crippen molar-refractivity contribution in [3.63, 3.8) is 0 Å². The molecule has 0 aromatic carbocycles. The van der Waals surface area contributed by atoms with Crippen molar-refractivity contribution in [1.29, 1.82) is 0 Å². The number of amides is 1. The van der Waals surface area contributed by atoms with E-state index in [1.165, 1.54) is 25.1 Å². The first-order chi connectivity index (χ1) is 13.7. The highest BCUT2D eigenvalue weighted by atomic mass is 19.1. The van der Waals surface area contributed by atoms with Crippen molar-refractivity contribution in [2.24, 2.45) is 5.92 Å². The Morgan fingerprint density at radius 2 is 2.14 bits per heavy atom. The number of halogens is 1. The normalized spacial score (nSPS) is 19.3. The summed E-state index contributed by atoms with van der Waals surface area (Å²) < 4.78 is 15.3. The first kappa shape index (κ1) is 17.1. The Kier molecular flexibility index (Phi) is 4.18. The molecule has 1 aliphatic carbocycles. The third kappa shape index (κ3) is 3.19. The van der Waals surface area contributed by atoms with Gasteiger partial charge in [-0.3, -0.25) is 9.78 Å². The molecule has 1 amide bonds. The smallest absolute Gasteiger partial charge is 0.256 e. The van der Waals surface area contributed by atoms with Gasteiger partial charge in [0.05, 0.1) is 18.4 Å². The molecule has 0 bridgehead atoms. The molecule has 1 aliphatic heterocycles. The Hall–Kier alpha value is -3.03. The lowest BCUT2D eigenvalue weighted by molar-refractivity contribution is 0.0953. The van der Waals surface area contributed by atoms with Crippen LogP contribution in [0.25, 0.3) is 5.65 Å². The molecule has 4 heterocycles. The van der Waals surface area contributed by atoms with E-state index in [4.69, 9.17) is 4.98 Å². The van der Waals surface area contributed by atoms with Crippen LogP contribution in [-0.2, 0) is 0 Å². The van der Waals surface area contributed by atoms with Crippen molar-refractivity contribution in [3.8, 4) is 0 Å². The Morgan fingerprint density at radius 1 is 1.25 bits per heavy atom. The monoisotopic (exact) mass is 380 g/mol. The summed E-state index contributed by atoms with van der Waals surface area (Å²) in [5.41, 5.74) is 1.86. The fraction of sp³-hybridized carbons (Fsp3) is 0.400. The fourth-order valence-electron chi connectivity index (χ4n) is 3.83. The van der Waals surface area contributed by atoms with Gasteiger partial charge < -0.3 is 10.2 Å². The van der Waals surface area contributed by atoms with Gasteiger partial charge in [-0.05, 0) is 49.3 Å². The van der Waals surface area contributed by atoms with E-state index in [0.717, 1.165) is 30.8 Å². The number of aromatic nitrogens is 4. The van der Waals surface area contributed by atoms with E-state index >= 15 is 0 Å². The molecule has 1 saturated heterocycles. The van der Waals surface area contributed by atoms with Crippen molar-refractivity contribution in [2.75, 3.05) is 18.0 Å². The molecule has 3 aromatic rings. The highest BCUT2D eigenvalue weighted by Gasteiger charge is 2.29. The van der Waals surface area contributed by atoms with Crippen LogP contribution in [0.3, 0.4) is 0 Å². The van der Waals surface area contributed by atoms with Gasteiger partial charge in [-0.25, -0.2) is 13.9 Å². The zero-order chi connectivity index (χ0) is 19.1. The minimum Gasteiger partial charge on any atom is -0.352 e. The maximum Gasteiger partial charge on any atom is 0.256 e. The van der Waals surface area contributed by atoms with Gasteiger partial charge in [-0.15, -0.1) is 0 Å². The largest absolute Gasteiger partial charge is 0.352 e. The number of hydrogen-bond acceptors (Lipinski definition) is 5. The minimum absolute atomic E-state index is 0.0215. The summed E-state index contributed by atoms with van der Waals surface area (Å²) in [4.78, 5) is 23.4. The minimum atomic E-state index is -0.335. The molecule has 144 valence electrons. The van der Waals surface area contributed by atoms with E-state index in [2.05, 4.69) is 20.3 Å². The molecule has 2 aliphatic rings. The number of fused-ring (bicyclic) bond motifs is 1. The van der Waals surface area contributed by atoms with Gasteiger partial charge in [0, 0.05) is 25.5 Å². The number of carbonyl (C=O) groups is 1. The van der Waals surface area contributed by atoms with Gasteiger partial charge >= 0.3 is 0 Å². The second kappa shape index (κ2) is 6.85. The average Bonchev–Trinajstić information content (AvgIpc) is 3.24. The standard InChI is InChI=1S/C20H21FN6O/c21-15-8-14(10-22-11-15)17-2-1-6-26(17)18-5-7-27-19(25-18)16(12-24-27)20(28)23-9-13-3-4-13/h5,7-8,10-13,17H,1-4,6,9H2,(H,23,28)/t17-/m1/s1. The Morgan fingerprint density at radius 3 is 2.96 bits per heavy atom. The van der Waals surface area contributed by atoms with Crippen molar-refractivity contribution in [1.82, 2.24) is 24.9 Å². The summed E-state index contributed by atoms with van der Waals surface area (Å²) >= 11 is 0. The van der Waals surface area contributed by atoms with Gasteiger partial charge in [0.1, 0.15) is 17.2 Å². The lowest BCUT2D eigenvalue weighted by Gasteiger charge is -2.26. The third-order valence-corrected chi connectivity index (χ3v) is 5.51. The van der Waals surface area contributed by atoms with E-state index in [0.29, 0.717) is 23.7 Å². The maximum absolute atomic E-state index is 13.6. The highest BCUT2D eigenvalue weighted by Crippen LogP contribution is 2.35. The summed E-state index contributed by atoms with van der Waals surface area (Å²) in [5.74, 6) is 0.896. The summed E-state index contributed by atoms with van der Waals surface area (Å²) in [5, 5.41) is 7.23. The second-order valence-electron chi connectivity index (χ2n) is 7.55. The molecule has 1 saturated carbocycles. The molecule has 1 N–H and O–H groups in total. The topological polar surface area (TPSA) is 75.4 Å². The predicted octanol–water partition coefficient (Wildman–Crippen LogP) is 2.74. The van der Waals surface area contributed by atoms with Crippen LogP contribution in [0.4, 0.5) is 10.2 Å². The predicted molar refractivity (Wildman–Crippen MR) is 102 cm³/mol. The van der Waals surface area contributed by atoms with Crippen molar-refractivity contribution in [2.45, 2.75) is 31.7 Å². The van der Waals surface area contributed by atoms with Crippen LogP contribution >= 0.6 is 0 Å². The number of anilines is 1. The lowest BCUT2D eigenvalue weighted by Crippen LogP contribution is -2.26. The number of nitrogens with one attached hydrogen (secondary N) is 1. The quantitative estimate of drug-likeness (QED) is 0.737. The molecular weight excluding hydrogens is 359 g/mol. The summed E-state index contributed by atoms with van der Waals surface area (Å²) in [7, 11) is 0. The van der Waals surface area contributed by atoms with E-state index in [1.54, 1.807) is 16.9 Å². The van der Waals surface area contributed by atoms with Crippen molar-refractivity contribution < 1.29 is 9.18 Å². The van der Waals surface area contributed by atoms with Crippen LogP contribution < -0.4 is 10.2 Å². The van der Waals surface area contributed by atoms with E-state index in [-0.39, 0.29) is 17.8 Å². The Balaban J connectivity index is 1.45. The second-order valence-corrected chi connectivity index (χ2v) is 7.55. The maximum atomic E-state index is 13.6. The van der Waals surface area contributed by atoms with Gasteiger partial charge in [0.2, 0.25) is 0 Å². The molecule has 0 spiro atoms. The van der Waals surface area contributed by atoms with Crippen molar-refractivity contribution >= 4 is 17.4 Å². The SMILES string of the molecule is O=C(NCC1CC1)c1cnn2ccc(N3CCC[C@@H]3c3cncc(F)c3)nc12. The van der Waals surface area contributed by atoms with E-state index in [9.17, 15) is 9.18 Å². The Labute approximate surface area is 161 Å². The number of nitrogens with zero attached hydrogens (tertiary/aromatic N) is 5. The molecule has 0 unspecified atom stereocenters. The van der Waals surface area contributed by atoms with Crippen LogP contribution in [0.1, 0.15) is 47.6 Å².